The van der Waals surface area contributed by atoms with Gasteiger partial charge in [0.05, 0.1) is 0 Å². The minimum absolute atomic E-state index is 0.549. The van der Waals surface area contributed by atoms with Gasteiger partial charge in [-0.2, -0.15) is 25.3 Å². The van der Waals surface area contributed by atoms with Crippen molar-refractivity contribution in [1.82, 2.24) is 0 Å². The van der Waals surface area contributed by atoms with Crippen LogP contribution in [-0.4, -0.2) is 38.9 Å². The highest BCUT2D eigenvalue weighted by atomic mass is 32.2. The Morgan fingerprint density at radius 1 is 0.667 bits per heavy atom. The maximum atomic E-state index is 11.0. The van der Waals surface area contributed by atoms with E-state index in [1.807, 2.05) is 0 Å². The van der Waals surface area contributed by atoms with Crippen molar-refractivity contribution < 1.29 is 38.9 Å². The molecular formula is C6H6O9S3. The third kappa shape index (κ3) is 3.04. The van der Waals surface area contributed by atoms with Crippen LogP contribution in [0.25, 0.3) is 0 Å². The molecule has 0 aliphatic rings. The molecule has 0 atom stereocenters. The zero-order valence-corrected chi connectivity index (χ0v) is 10.7. The lowest BCUT2D eigenvalue weighted by Crippen LogP contribution is -2.14. The van der Waals surface area contributed by atoms with Crippen LogP contribution < -0.4 is 0 Å². The van der Waals surface area contributed by atoms with E-state index >= 15 is 0 Å². The van der Waals surface area contributed by atoms with Crippen molar-refractivity contribution in [2.75, 3.05) is 0 Å². The first-order chi connectivity index (χ1) is 7.85. The number of rotatable bonds is 3. The Morgan fingerprint density at radius 2 is 1.00 bits per heavy atom. The van der Waals surface area contributed by atoms with E-state index in [4.69, 9.17) is 13.7 Å². The van der Waals surface area contributed by atoms with Gasteiger partial charge in [0.1, 0.15) is 14.7 Å². The van der Waals surface area contributed by atoms with Crippen molar-refractivity contribution in [2.45, 2.75) is 14.7 Å². The Balaban J connectivity index is 4.04. The molecule has 0 amide bonds. The second-order valence-electron chi connectivity index (χ2n) is 3.01. The molecule has 3 N–H and O–H groups in total. The fraction of sp³-hybridized carbons (Fsp3) is 0. The van der Waals surface area contributed by atoms with Gasteiger partial charge in [-0.05, 0) is 12.1 Å². The van der Waals surface area contributed by atoms with Crippen LogP contribution >= 0.6 is 0 Å². The van der Waals surface area contributed by atoms with Gasteiger partial charge in [0.15, 0.2) is 0 Å². The average Bonchev–Trinajstić information content (AvgIpc) is 2.12. The molecule has 0 spiro atoms. The van der Waals surface area contributed by atoms with Crippen LogP contribution in [0.3, 0.4) is 0 Å². The molecule has 0 aromatic heterocycles. The van der Waals surface area contributed by atoms with Crippen molar-refractivity contribution in [3.8, 4) is 0 Å². The number of benzene rings is 1. The van der Waals surface area contributed by atoms with Crippen LogP contribution in [0.5, 0.6) is 0 Å². The van der Waals surface area contributed by atoms with Gasteiger partial charge in [-0.3, -0.25) is 13.7 Å². The standard InChI is InChI=1S/C6H6O9S3/c7-16(8,9)4-2-1-3-5(17(10,11)12)6(4)18(13,14)15/h1-3H,(H,7,8,9)(H,10,11,12)(H,13,14,15). The van der Waals surface area contributed by atoms with E-state index in [2.05, 4.69) is 0 Å². The minimum Gasteiger partial charge on any atom is -0.282 e. The molecule has 0 heterocycles. The van der Waals surface area contributed by atoms with E-state index in [9.17, 15) is 25.3 Å². The van der Waals surface area contributed by atoms with E-state index in [0.717, 1.165) is 6.07 Å². The zero-order chi connectivity index (χ0) is 14.4. The van der Waals surface area contributed by atoms with Crippen LogP contribution in [0.4, 0.5) is 0 Å². The maximum absolute atomic E-state index is 11.0. The Bertz CT molecular complexity index is 734. The van der Waals surface area contributed by atoms with E-state index in [1.54, 1.807) is 0 Å². The first-order valence-corrected chi connectivity index (χ1v) is 8.22. The monoisotopic (exact) mass is 318 g/mol. The topological polar surface area (TPSA) is 163 Å². The highest BCUT2D eigenvalue weighted by Gasteiger charge is 2.31. The lowest BCUT2D eigenvalue weighted by atomic mass is 10.4. The molecule has 9 nitrogen and oxygen atoms in total. The summed E-state index contributed by atoms with van der Waals surface area (Å²) in [5, 5.41) is 0. The first kappa shape index (κ1) is 15.0. The predicted octanol–water partition coefficient (Wildman–Crippen LogP) is -0.573. The van der Waals surface area contributed by atoms with Gasteiger partial charge < -0.3 is 0 Å². The molecular weight excluding hydrogens is 312 g/mol. The number of hydrogen-bond donors (Lipinski definition) is 3. The van der Waals surface area contributed by atoms with Crippen molar-refractivity contribution in [1.29, 1.82) is 0 Å². The van der Waals surface area contributed by atoms with Crippen LogP contribution in [0, 0.1) is 0 Å². The summed E-state index contributed by atoms with van der Waals surface area (Å²) in [4.78, 5) is -4.34. The summed E-state index contributed by atoms with van der Waals surface area (Å²) in [5.41, 5.74) is 0. The summed E-state index contributed by atoms with van der Waals surface area (Å²) in [6.45, 7) is 0. The van der Waals surface area contributed by atoms with Crippen molar-refractivity contribution in [2.24, 2.45) is 0 Å². The van der Waals surface area contributed by atoms with E-state index in [1.165, 1.54) is 0 Å². The number of hydrogen-bond acceptors (Lipinski definition) is 6. The normalized spacial score (nSPS) is 13.5. The second-order valence-corrected chi connectivity index (χ2v) is 7.15. The smallest absolute Gasteiger partial charge is 0.282 e. The van der Waals surface area contributed by atoms with Crippen molar-refractivity contribution in [3.63, 3.8) is 0 Å². The maximum Gasteiger partial charge on any atom is 0.297 e. The second kappa shape index (κ2) is 4.25. The predicted molar refractivity (Wildman–Crippen MR) is 55.9 cm³/mol. The molecule has 0 saturated heterocycles. The summed E-state index contributed by atoms with van der Waals surface area (Å²) in [7, 11) is -15.5. The fourth-order valence-corrected chi connectivity index (χ4v) is 4.32. The molecule has 18 heavy (non-hydrogen) atoms. The largest absolute Gasteiger partial charge is 0.297 e. The van der Waals surface area contributed by atoms with E-state index < -0.39 is 45.0 Å². The fourth-order valence-electron chi connectivity index (χ4n) is 1.16. The molecule has 102 valence electrons. The SMILES string of the molecule is O=S(=O)(O)c1cccc(S(=O)(=O)O)c1S(=O)(=O)O. The summed E-state index contributed by atoms with van der Waals surface area (Å²) in [6.07, 6.45) is 0. The van der Waals surface area contributed by atoms with Gasteiger partial charge in [-0.1, -0.05) is 6.07 Å². The molecule has 0 aliphatic heterocycles. The molecule has 0 fully saturated rings. The quantitative estimate of drug-likeness (QED) is 0.619. The molecule has 12 heteroatoms. The minimum atomic E-state index is -5.31. The molecule has 0 bridgehead atoms. The highest BCUT2D eigenvalue weighted by molar-refractivity contribution is 7.90. The molecule has 0 unspecified atom stereocenters. The average molecular weight is 318 g/mol. The molecule has 0 radical (unpaired) electrons. The molecule has 1 aromatic carbocycles. The van der Waals surface area contributed by atoms with Gasteiger partial charge in [-0.25, -0.2) is 0 Å². The lowest BCUT2D eigenvalue weighted by Gasteiger charge is -2.08. The summed E-state index contributed by atoms with van der Waals surface area (Å²) >= 11 is 0. The van der Waals surface area contributed by atoms with Crippen LogP contribution in [0.1, 0.15) is 0 Å². The summed E-state index contributed by atoms with van der Waals surface area (Å²) in [5.74, 6) is 0. The van der Waals surface area contributed by atoms with Gasteiger partial charge in [-0.15, -0.1) is 0 Å². The van der Waals surface area contributed by atoms with Gasteiger partial charge >= 0.3 is 0 Å². The van der Waals surface area contributed by atoms with Gasteiger partial charge in [0.25, 0.3) is 30.4 Å². The highest BCUT2D eigenvalue weighted by Crippen LogP contribution is 2.27. The Hall–Kier alpha value is -1.05. The van der Waals surface area contributed by atoms with Crippen LogP contribution in [-0.2, 0) is 30.4 Å². The molecule has 1 rings (SSSR count). The Kier molecular flexibility index (Phi) is 3.55. The molecule has 1 aromatic rings. The van der Waals surface area contributed by atoms with Gasteiger partial charge in [0, 0.05) is 0 Å². The third-order valence-electron chi connectivity index (χ3n) is 1.76. The Morgan fingerprint density at radius 3 is 1.22 bits per heavy atom. The van der Waals surface area contributed by atoms with E-state index in [0.29, 0.717) is 12.1 Å². The van der Waals surface area contributed by atoms with E-state index in [-0.39, 0.29) is 0 Å². The van der Waals surface area contributed by atoms with Crippen LogP contribution in [0.15, 0.2) is 32.9 Å². The summed E-state index contributed by atoms with van der Waals surface area (Å²) < 4.78 is 91.8. The molecule has 0 aliphatic carbocycles. The first-order valence-electron chi connectivity index (χ1n) is 3.90. The molecule has 0 saturated carbocycles. The van der Waals surface area contributed by atoms with Gasteiger partial charge in [0.2, 0.25) is 0 Å². The van der Waals surface area contributed by atoms with Crippen molar-refractivity contribution >= 4 is 30.4 Å². The summed E-state index contributed by atoms with van der Waals surface area (Å²) in [6, 6.07) is 1.86. The Labute approximate surface area is 102 Å². The third-order valence-corrected chi connectivity index (χ3v) is 4.76. The van der Waals surface area contributed by atoms with Crippen molar-refractivity contribution in [3.05, 3.63) is 18.2 Å². The lowest BCUT2D eigenvalue weighted by molar-refractivity contribution is 0.456. The zero-order valence-electron chi connectivity index (χ0n) is 8.25. The van der Waals surface area contributed by atoms with Crippen LogP contribution in [0.2, 0.25) is 0 Å².